The minimum atomic E-state index is -0.0558. The first-order valence-corrected chi connectivity index (χ1v) is 6.12. The molecular formula is C12H19N3O2. The monoisotopic (exact) mass is 237 g/mol. The van der Waals surface area contributed by atoms with Crippen LogP contribution < -0.4 is 15.6 Å². The van der Waals surface area contributed by atoms with Crippen molar-refractivity contribution in [3.63, 3.8) is 0 Å². The van der Waals surface area contributed by atoms with Gasteiger partial charge in [0.1, 0.15) is 0 Å². The third-order valence-corrected chi connectivity index (χ3v) is 3.26. The molecule has 5 heteroatoms. The highest BCUT2D eigenvalue weighted by Gasteiger charge is 2.13. The third kappa shape index (κ3) is 3.30. The second-order valence-corrected chi connectivity index (χ2v) is 4.42. The van der Waals surface area contributed by atoms with E-state index in [-0.39, 0.29) is 5.56 Å². The molecule has 0 radical (unpaired) electrons. The summed E-state index contributed by atoms with van der Waals surface area (Å²) in [4.78, 5) is 11.6. The zero-order valence-electron chi connectivity index (χ0n) is 10.2. The Morgan fingerprint density at radius 1 is 1.47 bits per heavy atom. The van der Waals surface area contributed by atoms with Crippen LogP contribution in [0.25, 0.3) is 0 Å². The Labute approximate surface area is 101 Å². The van der Waals surface area contributed by atoms with E-state index in [2.05, 4.69) is 10.4 Å². The lowest BCUT2D eigenvalue weighted by atomic mass is 9.95. The van der Waals surface area contributed by atoms with Crippen molar-refractivity contribution < 1.29 is 4.74 Å². The van der Waals surface area contributed by atoms with Crippen LogP contribution in [0.1, 0.15) is 19.3 Å². The molecule has 0 aliphatic carbocycles. The van der Waals surface area contributed by atoms with E-state index in [0.29, 0.717) is 18.3 Å². The Hall–Kier alpha value is -1.36. The first kappa shape index (κ1) is 12.1. The molecule has 0 bridgehead atoms. The lowest BCUT2D eigenvalue weighted by Gasteiger charge is -2.22. The van der Waals surface area contributed by atoms with Crippen LogP contribution in [0.2, 0.25) is 0 Å². The van der Waals surface area contributed by atoms with E-state index in [1.165, 1.54) is 23.6 Å². The Morgan fingerprint density at radius 2 is 2.24 bits per heavy atom. The van der Waals surface area contributed by atoms with Crippen LogP contribution in [-0.2, 0) is 6.54 Å². The maximum Gasteiger partial charge on any atom is 0.266 e. The molecule has 0 unspecified atom stereocenters. The predicted octanol–water partition coefficient (Wildman–Crippen LogP) is 0.642. The largest absolute Gasteiger partial charge is 0.480 e. The average molecular weight is 237 g/mol. The molecule has 0 spiro atoms. The van der Waals surface area contributed by atoms with E-state index in [1.54, 1.807) is 13.2 Å². The SMILES string of the molecule is COc1ccc(=O)n(CCC2CCNCC2)n1. The molecule has 1 aliphatic rings. The number of nitrogens with one attached hydrogen (secondary N) is 1. The van der Waals surface area contributed by atoms with E-state index < -0.39 is 0 Å². The summed E-state index contributed by atoms with van der Waals surface area (Å²) < 4.78 is 6.52. The highest BCUT2D eigenvalue weighted by atomic mass is 16.5. The summed E-state index contributed by atoms with van der Waals surface area (Å²) in [6.45, 7) is 2.86. The topological polar surface area (TPSA) is 56.1 Å². The number of aryl methyl sites for hydroxylation is 1. The number of aromatic nitrogens is 2. The minimum Gasteiger partial charge on any atom is -0.480 e. The lowest BCUT2D eigenvalue weighted by molar-refractivity contribution is 0.320. The van der Waals surface area contributed by atoms with Crippen LogP contribution >= 0.6 is 0 Å². The molecule has 17 heavy (non-hydrogen) atoms. The van der Waals surface area contributed by atoms with Crippen LogP contribution in [0.5, 0.6) is 5.88 Å². The maximum atomic E-state index is 11.6. The molecular weight excluding hydrogens is 218 g/mol. The van der Waals surface area contributed by atoms with Gasteiger partial charge < -0.3 is 10.1 Å². The Kier molecular flexibility index (Phi) is 4.14. The Bertz CT molecular complexity index is 410. The van der Waals surface area contributed by atoms with Gasteiger partial charge in [-0.1, -0.05) is 0 Å². The molecule has 5 nitrogen and oxygen atoms in total. The minimum absolute atomic E-state index is 0.0558. The van der Waals surface area contributed by atoms with Crippen molar-refractivity contribution in [2.75, 3.05) is 20.2 Å². The molecule has 0 aromatic carbocycles. The number of nitrogens with zero attached hydrogens (tertiary/aromatic N) is 2. The molecule has 1 saturated heterocycles. The third-order valence-electron chi connectivity index (χ3n) is 3.26. The quantitative estimate of drug-likeness (QED) is 0.835. The van der Waals surface area contributed by atoms with E-state index in [4.69, 9.17) is 4.74 Å². The number of methoxy groups -OCH3 is 1. The van der Waals surface area contributed by atoms with Crippen molar-refractivity contribution in [2.45, 2.75) is 25.8 Å². The first-order chi connectivity index (χ1) is 8.29. The van der Waals surface area contributed by atoms with E-state index in [9.17, 15) is 4.79 Å². The van der Waals surface area contributed by atoms with Gasteiger partial charge >= 0.3 is 0 Å². The zero-order chi connectivity index (χ0) is 12.1. The summed E-state index contributed by atoms with van der Waals surface area (Å²) >= 11 is 0. The highest BCUT2D eigenvalue weighted by Crippen LogP contribution is 2.16. The molecule has 1 fully saturated rings. The fraction of sp³-hybridized carbons (Fsp3) is 0.667. The second-order valence-electron chi connectivity index (χ2n) is 4.42. The van der Waals surface area contributed by atoms with Gasteiger partial charge in [-0.3, -0.25) is 4.79 Å². The molecule has 1 N–H and O–H groups in total. The van der Waals surface area contributed by atoms with Crippen LogP contribution in [-0.4, -0.2) is 30.0 Å². The van der Waals surface area contributed by atoms with Gasteiger partial charge in [0.15, 0.2) is 0 Å². The molecule has 0 amide bonds. The van der Waals surface area contributed by atoms with Crippen molar-refractivity contribution in [3.8, 4) is 5.88 Å². The fourth-order valence-corrected chi connectivity index (χ4v) is 2.17. The van der Waals surface area contributed by atoms with Gasteiger partial charge in [0, 0.05) is 18.7 Å². The highest BCUT2D eigenvalue weighted by molar-refractivity contribution is 5.05. The lowest BCUT2D eigenvalue weighted by Crippen LogP contribution is -2.29. The average Bonchev–Trinajstić information content (AvgIpc) is 2.39. The summed E-state index contributed by atoms with van der Waals surface area (Å²) in [6.07, 6.45) is 3.40. The number of piperidine rings is 1. The van der Waals surface area contributed by atoms with Crippen molar-refractivity contribution in [1.82, 2.24) is 15.1 Å². The standard InChI is InChI=1S/C12H19N3O2/c1-17-11-2-3-12(16)15(14-11)9-6-10-4-7-13-8-5-10/h2-3,10,13H,4-9H2,1H3. The summed E-state index contributed by atoms with van der Waals surface area (Å²) in [5.41, 5.74) is -0.0558. The van der Waals surface area contributed by atoms with Gasteiger partial charge in [0.25, 0.3) is 5.56 Å². The summed E-state index contributed by atoms with van der Waals surface area (Å²) in [7, 11) is 1.56. The maximum absolute atomic E-state index is 11.6. The van der Waals surface area contributed by atoms with Gasteiger partial charge in [0.2, 0.25) is 5.88 Å². The summed E-state index contributed by atoms with van der Waals surface area (Å²) in [5, 5.41) is 7.48. The van der Waals surface area contributed by atoms with E-state index >= 15 is 0 Å². The molecule has 0 atom stereocenters. The second kappa shape index (κ2) is 5.82. The zero-order valence-corrected chi connectivity index (χ0v) is 10.2. The van der Waals surface area contributed by atoms with Gasteiger partial charge in [-0.15, -0.1) is 5.10 Å². The van der Waals surface area contributed by atoms with Crippen molar-refractivity contribution in [3.05, 3.63) is 22.5 Å². The van der Waals surface area contributed by atoms with Gasteiger partial charge in [0.05, 0.1) is 7.11 Å². The smallest absolute Gasteiger partial charge is 0.266 e. The van der Waals surface area contributed by atoms with E-state index in [0.717, 1.165) is 19.5 Å². The Morgan fingerprint density at radius 3 is 2.94 bits per heavy atom. The van der Waals surface area contributed by atoms with Crippen molar-refractivity contribution in [1.29, 1.82) is 0 Å². The number of hydrogen-bond donors (Lipinski definition) is 1. The summed E-state index contributed by atoms with van der Waals surface area (Å²) in [6, 6.07) is 3.11. The molecule has 2 heterocycles. The Balaban J connectivity index is 1.95. The van der Waals surface area contributed by atoms with E-state index in [1.807, 2.05) is 0 Å². The molecule has 94 valence electrons. The van der Waals surface area contributed by atoms with Crippen LogP contribution in [0.4, 0.5) is 0 Å². The number of ether oxygens (including phenoxy) is 1. The van der Waals surface area contributed by atoms with Gasteiger partial charge in [-0.2, -0.15) is 0 Å². The molecule has 1 aromatic rings. The molecule has 1 aromatic heterocycles. The van der Waals surface area contributed by atoms with Crippen LogP contribution in [0, 0.1) is 5.92 Å². The molecule has 0 saturated carbocycles. The van der Waals surface area contributed by atoms with Crippen LogP contribution in [0.15, 0.2) is 16.9 Å². The first-order valence-electron chi connectivity index (χ1n) is 6.12. The van der Waals surface area contributed by atoms with Crippen molar-refractivity contribution in [2.24, 2.45) is 5.92 Å². The predicted molar refractivity (Wildman–Crippen MR) is 65.3 cm³/mol. The fourth-order valence-electron chi connectivity index (χ4n) is 2.17. The van der Waals surface area contributed by atoms with Crippen LogP contribution in [0.3, 0.4) is 0 Å². The molecule has 1 aliphatic heterocycles. The molecule has 2 rings (SSSR count). The number of hydrogen-bond acceptors (Lipinski definition) is 4. The van der Waals surface area contributed by atoms with Crippen molar-refractivity contribution >= 4 is 0 Å². The number of rotatable bonds is 4. The normalized spacial score (nSPS) is 17.0. The van der Waals surface area contributed by atoms with Gasteiger partial charge in [-0.05, 0) is 38.3 Å². The van der Waals surface area contributed by atoms with Gasteiger partial charge in [-0.25, -0.2) is 4.68 Å². The summed E-state index contributed by atoms with van der Waals surface area (Å²) in [5.74, 6) is 1.20.